The third-order valence-corrected chi connectivity index (χ3v) is 5.69. The number of rotatable bonds is 10. The van der Waals surface area contributed by atoms with Crippen molar-refractivity contribution in [3.63, 3.8) is 0 Å². The third-order valence-electron chi connectivity index (χ3n) is 4.85. The summed E-state index contributed by atoms with van der Waals surface area (Å²) < 4.78 is 47.2. The summed E-state index contributed by atoms with van der Waals surface area (Å²) in [6.07, 6.45) is -1.37. The van der Waals surface area contributed by atoms with E-state index in [9.17, 15) is 13.2 Å². The molecule has 2 N–H and O–H groups in total. The van der Waals surface area contributed by atoms with Crippen LogP contribution in [0.2, 0.25) is 10.0 Å². The standard InChI is InChI=1S/C21H23Cl2F3N6O/c1-12-30-19(27-3)18-20(31-12)32(11-29-18)8-4-5-9-33-13(2)28-10-14-15(21(24,25)26)6-7-16(22)17(14)23/h6-7,11,28H,2,4-5,8-10H2,1,3H3,(H,27,30,31). The Morgan fingerprint density at radius 2 is 1.97 bits per heavy atom. The fraction of sp³-hybridized carbons (Fsp3) is 0.381. The maximum absolute atomic E-state index is 13.2. The molecule has 178 valence electrons. The number of anilines is 1. The van der Waals surface area contributed by atoms with Gasteiger partial charge in [-0.1, -0.05) is 23.2 Å². The first-order chi connectivity index (χ1) is 15.6. The van der Waals surface area contributed by atoms with Gasteiger partial charge in [0, 0.05) is 25.7 Å². The highest BCUT2D eigenvalue weighted by molar-refractivity contribution is 6.42. The number of alkyl halides is 3. The molecule has 0 aliphatic rings. The molecule has 0 spiro atoms. The maximum atomic E-state index is 13.2. The summed E-state index contributed by atoms with van der Waals surface area (Å²) in [5, 5.41) is 5.63. The number of imidazole rings is 1. The number of ether oxygens (including phenoxy) is 1. The molecule has 3 rings (SSSR count). The second kappa shape index (κ2) is 10.5. The molecule has 0 fully saturated rings. The van der Waals surface area contributed by atoms with E-state index >= 15 is 0 Å². The Bertz CT molecular complexity index is 1150. The molecule has 7 nitrogen and oxygen atoms in total. The topological polar surface area (TPSA) is 76.9 Å². The second-order valence-corrected chi connectivity index (χ2v) is 7.98. The number of benzene rings is 1. The van der Waals surface area contributed by atoms with Gasteiger partial charge >= 0.3 is 6.18 Å². The number of halogens is 5. The Morgan fingerprint density at radius 3 is 2.67 bits per heavy atom. The molecule has 0 aliphatic heterocycles. The van der Waals surface area contributed by atoms with E-state index in [4.69, 9.17) is 27.9 Å². The van der Waals surface area contributed by atoms with E-state index in [1.807, 2.05) is 11.5 Å². The van der Waals surface area contributed by atoms with Crippen LogP contribution in [0.1, 0.15) is 29.8 Å². The van der Waals surface area contributed by atoms with Crippen LogP contribution >= 0.6 is 23.2 Å². The van der Waals surface area contributed by atoms with Crippen LogP contribution in [-0.2, 0) is 24.0 Å². The minimum Gasteiger partial charge on any atom is -0.480 e. The van der Waals surface area contributed by atoms with Crippen molar-refractivity contribution in [1.82, 2.24) is 24.8 Å². The molecule has 0 saturated heterocycles. The maximum Gasteiger partial charge on any atom is 0.416 e. The molecule has 0 saturated carbocycles. The zero-order valence-electron chi connectivity index (χ0n) is 18.1. The summed E-state index contributed by atoms with van der Waals surface area (Å²) in [7, 11) is 1.78. The van der Waals surface area contributed by atoms with Crippen LogP contribution in [0.25, 0.3) is 11.2 Å². The number of hydrogen-bond acceptors (Lipinski definition) is 6. The highest BCUT2D eigenvalue weighted by Gasteiger charge is 2.34. The van der Waals surface area contributed by atoms with Crippen LogP contribution in [0, 0.1) is 6.92 Å². The van der Waals surface area contributed by atoms with Crippen LogP contribution in [-0.4, -0.2) is 33.2 Å². The fourth-order valence-corrected chi connectivity index (χ4v) is 3.65. The van der Waals surface area contributed by atoms with Crippen molar-refractivity contribution in [3.8, 4) is 0 Å². The van der Waals surface area contributed by atoms with Gasteiger partial charge in [0.05, 0.1) is 28.5 Å². The smallest absolute Gasteiger partial charge is 0.416 e. The molecule has 0 atom stereocenters. The van der Waals surface area contributed by atoms with E-state index in [-0.39, 0.29) is 28.0 Å². The lowest BCUT2D eigenvalue weighted by Gasteiger charge is -2.17. The van der Waals surface area contributed by atoms with Gasteiger partial charge in [-0.05, 0) is 38.5 Å². The molecule has 1 aromatic carbocycles. The summed E-state index contributed by atoms with van der Waals surface area (Å²) in [6, 6.07) is 2.03. The number of hydrogen-bond donors (Lipinski definition) is 2. The molecular weight excluding hydrogens is 480 g/mol. The molecule has 2 aromatic heterocycles. The quantitative estimate of drug-likeness (QED) is 0.279. The first-order valence-electron chi connectivity index (χ1n) is 10.1. The number of unbranched alkanes of at least 4 members (excludes halogenated alkanes) is 1. The van der Waals surface area contributed by atoms with E-state index in [2.05, 4.69) is 32.2 Å². The third kappa shape index (κ3) is 6.00. The predicted octanol–water partition coefficient (Wildman–Crippen LogP) is 5.56. The average Bonchev–Trinajstić information content (AvgIpc) is 3.15. The molecular formula is C21H23Cl2F3N6O. The monoisotopic (exact) mass is 502 g/mol. The van der Waals surface area contributed by atoms with Gasteiger partial charge in [-0.2, -0.15) is 13.2 Å². The molecule has 0 amide bonds. The molecule has 0 unspecified atom stereocenters. The fourth-order valence-electron chi connectivity index (χ4n) is 3.24. The Kier molecular flexibility index (Phi) is 7.91. The van der Waals surface area contributed by atoms with Crippen molar-refractivity contribution >= 4 is 40.2 Å². The van der Waals surface area contributed by atoms with Gasteiger partial charge in [-0.25, -0.2) is 15.0 Å². The highest BCUT2D eigenvalue weighted by Crippen LogP contribution is 2.38. The number of nitrogens with one attached hydrogen (secondary N) is 2. The van der Waals surface area contributed by atoms with Crippen LogP contribution in [0.4, 0.5) is 19.0 Å². The summed E-state index contributed by atoms with van der Waals surface area (Å²) in [4.78, 5) is 13.1. The Labute approximate surface area is 199 Å². The van der Waals surface area contributed by atoms with Crippen LogP contribution in [0.15, 0.2) is 30.9 Å². The number of nitrogens with zero attached hydrogens (tertiary/aromatic N) is 4. The Balaban J connectivity index is 1.48. The van der Waals surface area contributed by atoms with E-state index in [1.54, 1.807) is 13.4 Å². The van der Waals surface area contributed by atoms with Crippen LogP contribution in [0.5, 0.6) is 0 Å². The Hall–Kier alpha value is -2.72. The van der Waals surface area contributed by atoms with Crippen molar-refractivity contribution in [2.75, 3.05) is 19.0 Å². The second-order valence-electron chi connectivity index (χ2n) is 7.20. The normalized spacial score (nSPS) is 11.6. The molecule has 33 heavy (non-hydrogen) atoms. The molecule has 2 heterocycles. The van der Waals surface area contributed by atoms with Crippen molar-refractivity contribution in [2.45, 2.75) is 39.0 Å². The lowest BCUT2D eigenvalue weighted by molar-refractivity contribution is -0.138. The number of aryl methyl sites for hydroxylation is 2. The summed E-state index contributed by atoms with van der Waals surface area (Å²) in [5.74, 6) is 1.47. The summed E-state index contributed by atoms with van der Waals surface area (Å²) in [6.45, 7) is 6.31. The van der Waals surface area contributed by atoms with E-state index in [0.29, 0.717) is 36.7 Å². The summed E-state index contributed by atoms with van der Waals surface area (Å²) in [5.41, 5.74) is 0.435. The molecule has 0 bridgehead atoms. The van der Waals surface area contributed by atoms with Crippen LogP contribution in [0.3, 0.4) is 0 Å². The average molecular weight is 503 g/mol. The molecule has 0 radical (unpaired) electrons. The van der Waals surface area contributed by atoms with Gasteiger partial charge in [-0.15, -0.1) is 0 Å². The number of aromatic nitrogens is 4. The van der Waals surface area contributed by atoms with Crippen molar-refractivity contribution in [2.24, 2.45) is 0 Å². The molecule has 12 heteroatoms. The SMILES string of the molecule is C=C(NCc1c(C(F)(F)F)ccc(Cl)c1Cl)OCCCCn1cnc2c(NC)nc(C)nc21. The largest absolute Gasteiger partial charge is 0.480 e. The van der Waals surface area contributed by atoms with E-state index in [0.717, 1.165) is 24.2 Å². The van der Waals surface area contributed by atoms with Crippen molar-refractivity contribution < 1.29 is 17.9 Å². The first kappa shape index (κ1) is 24.9. The van der Waals surface area contributed by atoms with Gasteiger partial charge in [-0.3, -0.25) is 0 Å². The minimum atomic E-state index is -4.55. The lowest BCUT2D eigenvalue weighted by atomic mass is 10.1. The highest BCUT2D eigenvalue weighted by atomic mass is 35.5. The predicted molar refractivity (Wildman–Crippen MR) is 122 cm³/mol. The van der Waals surface area contributed by atoms with Gasteiger partial charge in [0.2, 0.25) is 0 Å². The van der Waals surface area contributed by atoms with Gasteiger partial charge in [0.25, 0.3) is 0 Å². The molecule has 3 aromatic rings. The van der Waals surface area contributed by atoms with E-state index in [1.165, 1.54) is 0 Å². The molecule has 0 aliphatic carbocycles. The van der Waals surface area contributed by atoms with Gasteiger partial charge < -0.3 is 19.9 Å². The van der Waals surface area contributed by atoms with Gasteiger partial charge in [0.15, 0.2) is 17.3 Å². The zero-order valence-corrected chi connectivity index (χ0v) is 19.6. The summed E-state index contributed by atoms with van der Waals surface area (Å²) >= 11 is 11.9. The lowest BCUT2D eigenvalue weighted by Crippen LogP contribution is -2.19. The zero-order chi connectivity index (χ0) is 24.2. The Morgan fingerprint density at radius 1 is 1.21 bits per heavy atom. The minimum absolute atomic E-state index is 0.0438. The van der Waals surface area contributed by atoms with E-state index < -0.39 is 11.7 Å². The van der Waals surface area contributed by atoms with Crippen molar-refractivity contribution in [1.29, 1.82) is 0 Å². The van der Waals surface area contributed by atoms with Crippen LogP contribution < -0.4 is 10.6 Å². The first-order valence-corrected chi connectivity index (χ1v) is 10.8. The van der Waals surface area contributed by atoms with Crippen molar-refractivity contribution in [3.05, 3.63) is 57.9 Å². The van der Waals surface area contributed by atoms with Gasteiger partial charge in [0.1, 0.15) is 11.3 Å². The number of fused-ring (bicyclic) bond motifs is 1.